The zero-order valence-electron chi connectivity index (χ0n) is 36.1. The molecule has 0 saturated carbocycles. The standard InChI is InChI=1S/C46H92N2O4/c1-7-11-13-21-27-35-43(33-9-3)51-45(49)37-29-23-17-15-19-25-31-39-48(42-41-47(5)6)40-32-26-20-16-18-24-30-38-46(50)52-44(34-10-4)36-28-22-14-12-8-2/h43-44H,7-42H2,1-6H3. The van der Waals surface area contributed by atoms with Crippen molar-refractivity contribution in [3.05, 3.63) is 0 Å². The maximum absolute atomic E-state index is 12.4. The second kappa shape index (κ2) is 39.6. The molecular formula is C46H92N2O4. The summed E-state index contributed by atoms with van der Waals surface area (Å²) < 4.78 is 11.7. The van der Waals surface area contributed by atoms with Crippen molar-refractivity contribution in [2.24, 2.45) is 0 Å². The SMILES string of the molecule is CCCCCCCC(CCC)OC(=O)CCCCCCCCCN(CCCCCCCCCC(=O)OC(CCC)CCCCCCC)CCN(C)C. The fourth-order valence-corrected chi connectivity index (χ4v) is 7.26. The van der Waals surface area contributed by atoms with E-state index in [4.69, 9.17) is 9.47 Å². The number of carbonyl (C=O) groups excluding carboxylic acids is 2. The van der Waals surface area contributed by atoms with Crippen molar-refractivity contribution >= 4 is 11.9 Å². The summed E-state index contributed by atoms with van der Waals surface area (Å²) >= 11 is 0. The molecule has 0 radical (unpaired) electrons. The van der Waals surface area contributed by atoms with E-state index < -0.39 is 0 Å². The third-order valence-electron chi connectivity index (χ3n) is 10.7. The molecular weight excluding hydrogens is 645 g/mol. The average molecular weight is 737 g/mol. The summed E-state index contributed by atoms with van der Waals surface area (Å²) in [6.07, 6.45) is 37.5. The van der Waals surface area contributed by atoms with Crippen LogP contribution in [0.5, 0.6) is 0 Å². The Kier molecular flexibility index (Phi) is 38.7. The van der Waals surface area contributed by atoms with E-state index in [0.717, 1.165) is 77.3 Å². The molecule has 0 aliphatic heterocycles. The van der Waals surface area contributed by atoms with E-state index in [2.05, 4.69) is 51.6 Å². The second-order valence-corrected chi connectivity index (χ2v) is 16.3. The topological polar surface area (TPSA) is 59.1 Å². The monoisotopic (exact) mass is 737 g/mol. The van der Waals surface area contributed by atoms with Crippen molar-refractivity contribution in [3.8, 4) is 0 Å². The van der Waals surface area contributed by atoms with Crippen LogP contribution in [0.3, 0.4) is 0 Å². The lowest BCUT2D eigenvalue weighted by atomic mass is 10.0. The van der Waals surface area contributed by atoms with Crippen LogP contribution in [0.2, 0.25) is 0 Å². The molecule has 0 aliphatic rings. The van der Waals surface area contributed by atoms with Gasteiger partial charge < -0.3 is 19.3 Å². The van der Waals surface area contributed by atoms with E-state index in [1.165, 1.54) is 142 Å². The molecule has 2 atom stereocenters. The van der Waals surface area contributed by atoms with E-state index >= 15 is 0 Å². The first-order valence-electron chi connectivity index (χ1n) is 23.1. The van der Waals surface area contributed by atoms with Crippen LogP contribution in [0, 0.1) is 0 Å². The summed E-state index contributed by atoms with van der Waals surface area (Å²) in [4.78, 5) is 29.8. The Morgan fingerprint density at radius 3 is 1.10 bits per heavy atom. The van der Waals surface area contributed by atoms with Gasteiger partial charge in [0.05, 0.1) is 0 Å². The van der Waals surface area contributed by atoms with Gasteiger partial charge in [-0.2, -0.15) is 0 Å². The van der Waals surface area contributed by atoms with Gasteiger partial charge in [0.25, 0.3) is 0 Å². The van der Waals surface area contributed by atoms with E-state index in [1.807, 2.05) is 0 Å². The highest BCUT2D eigenvalue weighted by Gasteiger charge is 2.15. The fourth-order valence-electron chi connectivity index (χ4n) is 7.26. The molecule has 6 heteroatoms. The quantitative estimate of drug-likeness (QED) is 0.0460. The number of rotatable bonds is 41. The number of esters is 2. The van der Waals surface area contributed by atoms with Crippen LogP contribution < -0.4 is 0 Å². The molecule has 0 aromatic rings. The molecule has 0 bridgehead atoms. The van der Waals surface area contributed by atoms with Gasteiger partial charge in [-0.15, -0.1) is 0 Å². The molecule has 0 heterocycles. The average Bonchev–Trinajstić information content (AvgIpc) is 3.11. The third-order valence-corrected chi connectivity index (χ3v) is 10.7. The van der Waals surface area contributed by atoms with Crippen molar-refractivity contribution in [1.29, 1.82) is 0 Å². The van der Waals surface area contributed by atoms with Gasteiger partial charge in [0.1, 0.15) is 12.2 Å². The molecule has 0 N–H and O–H groups in total. The minimum atomic E-state index is 0.0260. The van der Waals surface area contributed by atoms with Crippen molar-refractivity contribution in [2.75, 3.05) is 40.3 Å². The summed E-state index contributed by atoms with van der Waals surface area (Å²) in [5.74, 6) is 0.0519. The third kappa shape index (κ3) is 35.9. The highest BCUT2D eigenvalue weighted by atomic mass is 16.5. The molecule has 310 valence electrons. The molecule has 52 heavy (non-hydrogen) atoms. The normalized spacial score (nSPS) is 12.8. The lowest BCUT2D eigenvalue weighted by Crippen LogP contribution is -2.33. The zero-order valence-corrected chi connectivity index (χ0v) is 36.1. The summed E-state index contributed by atoms with van der Waals surface area (Å²) in [6, 6.07) is 0. The molecule has 0 spiro atoms. The summed E-state index contributed by atoms with van der Waals surface area (Å²) in [7, 11) is 4.35. The molecule has 0 saturated heterocycles. The summed E-state index contributed by atoms with van der Waals surface area (Å²) in [5.41, 5.74) is 0. The fraction of sp³-hybridized carbons (Fsp3) is 0.957. The van der Waals surface area contributed by atoms with Gasteiger partial charge in [0.15, 0.2) is 0 Å². The number of hydrogen-bond donors (Lipinski definition) is 0. The van der Waals surface area contributed by atoms with Gasteiger partial charge >= 0.3 is 11.9 Å². The number of unbranched alkanes of at least 4 members (excludes halogenated alkanes) is 20. The lowest BCUT2D eigenvalue weighted by Gasteiger charge is -2.24. The van der Waals surface area contributed by atoms with Gasteiger partial charge in [-0.1, -0.05) is 156 Å². The Balaban J connectivity index is 3.97. The van der Waals surface area contributed by atoms with E-state index in [-0.39, 0.29) is 24.1 Å². The van der Waals surface area contributed by atoms with Crippen LogP contribution in [-0.2, 0) is 19.1 Å². The van der Waals surface area contributed by atoms with Gasteiger partial charge in [0.2, 0.25) is 0 Å². The number of carbonyl (C=O) groups is 2. The predicted molar refractivity (Wildman–Crippen MR) is 225 cm³/mol. The number of ether oxygens (including phenoxy) is 2. The first-order chi connectivity index (χ1) is 25.4. The highest BCUT2D eigenvalue weighted by molar-refractivity contribution is 5.69. The van der Waals surface area contributed by atoms with Gasteiger partial charge in [-0.05, 0) is 91.4 Å². The molecule has 0 aliphatic carbocycles. The number of hydrogen-bond acceptors (Lipinski definition) is 6. The van der Waals surface area contributed by atoms with Crippen molar-refractivity contribution < 1.29 is 19.1 Å². The Hall–Kier alpha value is -1.14. The smallest absolute Gasteiger partial charge is 0.306 e. The first kappa shape index (κ1) is 50.9. The van der Waals surface area contributed by atoms with E-state index in [0.29, 0.717) is 12.8 Å². The van der Waals surface area contributed by atoms with Gasteiger partial charge in [0, 0.05) is 25.9 Å². The number of nitrogens with zero attached hydrogens (tertiary/aromatic N) is 2. The highest BCUT2D eigenvalue weighted by Crippen LogP contribution is 2.18. The van der Waals surface area contributed by atoms with Crippen molar-refractivity contribution in [1.82, 2.24) is 9.80 Å². The molecule has 0 aromatic carbocycles. The summed E-state index contributed by atoms with van der Waals surface area (Å²) in [6.45, 7) is 13.6. The van der Waals surface area contributed by atoms with Crippen LogP contribution in [0.1, 0.15) is 233 Å². The summed E-state index contributed by atoms with van der Waals surface area (Å²) in [5, 5.41) is 0. The Morgan fingerprint density at radius 2 is 0.731 bits per heavy atom. The molecule has 0 amide bonds. The van der Waals surface area contributed by atoms with E-state index in [1.54, 1.807) is 0 Å². The Morgan fingerprint density at radius 1 is 0.385 bits per heavy atom. The largest absolute Gasteiger partial charge is 0.462 e. The lowest BCUT2D eigenvalue weighted by molar-refractivity contribution is -0.151. The Labute approximate surface area is 325 Å². The van der Waals surface area contributed by atoms with Crippen LogP contribution in [0.4, 0.5) is 0 Å². The molecule has 0 rings (SSSR count). The van der Waals surface area contributed by atoms with Crippen LogP contribution >= 0.6 is 0 Å². The van der Waals surface area contributed by atoms with Crippen LogP contribution in [0.15, 0.2) is 0 Å². The zero-order chi connectivity index (χ0) is 38.3. The molecule has 0 fully saturated rings. The molecule has 2 unspecified atom stereocenters. The van der Waals surface area contributed by atoms with Gasteiger partial charge in [-0.3, -0.25) is 9.59 Å². The van der Waals surface area contributed by atoms with E-state index in [9.17, 15) is 9.59 Å². The Bertz CT molecular complexity index is 705. The minimum absolute atomic E-state index is 0.0260. The maximum atomic E-state index is 12.4. The number of likely N-dealkylation sites (N-methyl/N-ethyl adjacent to an activating group) is 1. The maximum Gasteiger partial charge on any atom is 0.306 e. The second-order valence-electron chi connectivity index (χ2n) is 16.3. The van der Waals surface area contributed by atoms with Crippen LogP contribution in [-0.4, -0.2) is 74.2 Å². The predicted octanol–water partition coefficient (Wildman–Crippen LogP) is 13.2. The van der Waals surface area contributed by atoms with Crippen molar-refractivity contribution in [2.45, 2.75) is 245 Å². The van der Waals surface area contributed by atoms with Crippen LogP contribution in [0.25, 0.3) is 0 Å². The molecule has 6 nitrogen and oxygen atoms in total. The van der Waals surface area contributed by atoms with Crippen molar-refractivity contribution in [3.63, 3.8) is 0 Å². The first-order valence-corrected chi connectivity index (χ1v) is 23.1. The molecule has 0 aromatic heterocycles. The minimum Gasteiger partial charge on any atom is -0.462 e. The van der Waals surface area contributed by atoms with Gasteiger partial charge in [-0.25, -0.2) is 0 Å².